The SMILES string of the molecule is CC/C=C/C(CC)C1COC1. The maximum atomic E-state index is 5.16. The second kappa shape index (κ2) is 4.55. The van der Waals surface area contributed by atoms with Crippen molar-refractivity contribution in [2.45, 2.75) is 26.7 Å². The molecule has 0 aromatic carbocycles. The summed E-state index contributed by atoms with van der Waals surface area (Å²) in [5.41, 5.74) is 0. The van der Waals surface area contributed by atoms with Crippen LogP contribution in [0.5, 0.6) is 0 Å². The molecule has 0 spiro atoms. The molecule has 1 fully saturated rings. The lowest BCUT2D eigenvalue weighted by Gasteiger charge is -2.31. The van der Waals surface area contributed by atoms with Crippen LogP contribution in [0.3, 0.4) is 0 Å². The first-order valence-corrected chi connectivity index (χ1v) is 4.62. The molecule has 1 rings (SSSR count). The molecule has 0 saturated carbocycles. The van der Waals surface area contributed by atoms with Gasteiger partial charge in [0, 0.05) is 5.92 Å². The summed E-state index contributed by atoms with van der Waals surface area (Å²) in [7, 11) is 0. The van der Waals surface area contributed by atoms with Crippen LogP contribution in [-0.4, -0.2) is 13.2 Å². The first-order valence-electron chi connectivity index (χ1n) is 4.62. The molecular formula is C10H18O. The zero-order chi connectivity index (χ0) is 8.10. The fourth-order valence-electron chi connectivity index (χ4n) is 1.44. The monoisotopic (exact) mass is 154 g/mol. The lowest BCUT2D eigenvalue weighted by molar-refractivity contribution is -0.0519. The Hall–Kier alpha value is -0.300. The smallest absolute Gasteiger partial charge is 0.0522 e. The zero-order valence-electron chi connectivity index (χ0n) is 7.55. The Morgan fingerprint density at radius 3 is 2.55 bits per heavy atom. The van der Waals surface area contributed by atoms with Crippen LogP contribution < -0.4 is 0 Å². The van der Waals surface area contributed by atoms with E-state index in [-0.39, 0.29) is 0 Å². The van der Waals surface area contributed by atoms with Crippen LogP contribution >= 0.6 is 0 Å². The molecule has 1 heteroatoms. The summed E-state index contributed by atoms with van der Waals surface area (Å²) < 4.78 is 5.16. The number of rotatable bonds is 4. The van der Waals surface area contributed by atoms with E-state index in [0.717, 1.165) is 31.5 Å². The van der Waals surface area contributed by atoms with E-state index in [1.54, 1.807) is 0 Å². The average Bonchev–Trinajstić information content (AvgIpc) is 1.93. The fourth-order valence-corrected chi connectivity index (χ4v) is 1.44. The average molecular weight is 154 g/mol. The van der Waals surface area contributed by atoms with Gasteiger partial charge in [0.25, 0.3) is 0 Å². The summed E-state index contributed by atoms with van der Waals surface area (Å²) in [5, 5.41) is 0. The van der Waals surface area contributed by atoms with Gasteiger partial charge in [-0.2, -0.15) is 0 Å². The summed E-state index contributed by atoms with van der Waals surface area (Å²) >= 11 is 0. The molecule has 1 heterocycles. The van der Waals surface area contributed by atoms with Crippen molar-refractivity contribution >= 4 is 0 Å². The summed E-state index contributed by atoms with van der Waals surface area (Å²) in [6.45, 7) is 6.39. The van der Waals surface area contributed by atoms with Gasteiger partial charge in [0.1, 0.15) is 0 Å². The van der Waals surface area contributed by atoms with Gasteiger partial charge in [0.2, 0.25) is 0 Å². The van der Waals surface area contributed by atoms with Crippen LogP contribution in [0.2, 0.25) is 0 Å². The molecule has 0 radical (unpaired) electrons. The van der Waals surface area contributed by atoms with Gasteiger partial charge in [-0.1, -0.05) is 26.0 Å². The number of ether oxygens (including phenoxy) is 1. The molecule has 1 nitrogen and oxygen atoms in total. The molecule has 1 aliphatic rings. The van der Waals surface area contributed by atoms with Gasteiger partial charge >= 0.3 is 0 Å². The lowest BCUT2D eigenvalue weighted by atomic mass is 9.88. The van der Waals surface area contributed by atoms with Crippen LogP contribution in [0.1, 0.15) is 26.7 Å². The van der Waals surface area contributed by atoms with Crippen molar-refractivity contribution in [1.29, 1.82) is 0 Å². The molecule has 11 heavy (non-hydrogen) atoms. The van der Waals surface area contributed by atoms with Crippen molar-refractivity contribution in [3.05, 3.63) is 12.2 Å². The Balaban J connectivity index is 2.29. The van der Waals surface area contributed by atoms with Gasteiger partial charge in [-0.25, -0.2) is 0 Å². The molecule has 64 valence electrons. The molecule has 0 bridgehead atoms. The summed E-state index contributed by atoms with van der Waals surface area (Å²) in [4.78, 5) is 0. The molecule has 0 amide bonds. The van der Waals surface area contributed by atoms with Gasteiger partial charge in [0.05, 0.1) is 13.2 Å². The lowest BCUT2D eigenvalue weighted by Crippen LogP contribution is -2.33. The predicted octanol–water partition coefficient (Wildman–Crippen LogP) is 2.63. The molecule has 1 atom stereocenters. The van der Waals surface area contributed by atoms with Gasteiger partial charge in [0.15, 0.2) is 0 Å². The summed E-state index contributed by atoms with van der Waals surface area (Å²) in [6.07, 6.45) is 7.04. The maximum absolute atomic E-state index is 5.16. The Morgan fingerprint density at radius 2 is 2.18 bits per heavy atom. The molecule has 0 N–H and O–H groups in total. The second-order valence-electron chi connectivity index (χ2n) is 3.21. The van der Waals surface area contributed by atoms with E-state index in [1.165, 1.54) is 6.42 Å². The van der Waals surface area contributed by atoms with E-state index in [9.17, 15) is 0 Å². The highest BCUT2D eigenvalue weighted by Gasteiger charge is 2.24. The first-order chi connectivity index (χ1) is 5.38. The minimum atomic E-state index is 0.767. The standard InChI is InChI=1S/C10H18O/c1-3-5-6-9(4-2)10-7-11-8-10/h5-6,9-10H,3-4,7-8H2,1-2H3/b6-5+. The van der Waals surface area contributed by atoms with E-state index in [1.807, 2.05) is 0 Å². The topological polar surface area (TPSA) is 9.23 Å². The molecule has 1 aliphatic heterocycles. The van der Waals surface area contributed by atoms with Gasteiger partial charge in [-0.3, -0.25) is 0 Å². The normalized spacial score (nSPS) is 22.0. The number of hydrogen-bond acceptors (Lipinski definition) is 1. The fraction of sp³-hybridized carbons (Fsp3) is 0.800. The van der Waals surface area contributed by atoms with E-state index in [4.69, 9.17) is 4.74 Å². The third-order valence-corrected chi connectivity index (χ3v) is 2.36. The van der Waals surface area contributed by atoms with Crippen molar-refractivity contribution in [3.8, 4) is 0 Å². The Labute approximate surface area is 69.4 Å². The van der Waals surface area contributed by atoms with Crippen molar-refractivity contribution in [3.63, 3.8) is 0 Å². The third-order valence-electron chi connectivity index (χ3n) is 2.36. The molecule has 0 aromatic rings. The third kappa shape index (κ3) is 2.33. The number of allylic oxidation sites excluding steroid dienone is 2. The Bertz CT molecular complexity index is 125. The Morgan fingerprint density at radius 1 is 1.45 bits per heavy atom. The molecule has 0 aromatic heterocycles. The quantitative estimate of drug-likeness (QED) is 0.566. The van der Waals surface area contributed by atoms with E-state index < -0.39 is 0 Å². The largest absolute Gasteiger partial charge is 0.381 e. The highest BCUT2D eigenvalue weighted by atomic mass is 16.5. The van der Waals surface area contributed by atoms with Crippen molar-refractivity contribution in [2.24, 2.45) is 11.8 Å². The zero-order valence-corrected chi connectivity index (χ0v) is 7.55. The van der Waals surface area contributed by atoms with Gasteiger partial charge in [-0.05, 0) is 18.8 Å². The number of hydrogen-bond donors (Lipinski definition) is 0. The van der Waals surface area contributed by atoms with Crippen molar-refractivity contribution in [1.82, 2.24) is 0 Å². The predicted molar refractivity (Wildman–Crippen MR) is 47.5 cm³/mol. The summed E-state index contributed by atoms with van der Waals surface area (Å²) in [6, 6.07) is 0. The molecule has 0 aliphatic carbocycles. The van der Waals surface area contributed by atoms with Crippen LogP contribution in [0, 0.1) is 11.8 Å². The summed E-state index contributed by atoms with van der Waals surface area (Å²) in [5.74, 6) is 1.58. The highest BCUT2D eigenvalue weighted by Crippen LogP contribution is 2.24. The van der Waals surface area contributed by atoms with Crippen LogP contribution in [0.25, 0.3) is 0 Å². The maximum Gasteiger partial charge on any atom is 0.0522 e. The van der Waals surface area contributed by atoms with Crippen LogP contribution in [0.4, 0.5) is 0 Å². The first kappa shape index (κ1) is 8.79. The van der Waals surface area contributed by atoms with Crippen LogP contribution in [0.15, 0.2) is 12.2 Å². The van der Waals surface area contributed by atoms with Crippen molar-refractivity contribution in [2.75, 3.05) is 13.2 Å². The molecule has 1 unspecified atom stereocenters. The second-order valence-corrected chi connectivity index (χ2v) is 3.21. The molecular weight excluding hydrogens is 136 g/mol. The van der Waals surface area contributed by atoms with Crippen LogP contribution in [-0.2, 0) is 4.74 Å². The van der Waals surface area contributed by atoms with Gasteiger partial charge in [-0.15, -0.1) is 0 Å². The highest BCUT2D eigenvalue weighted by molar-refractivity contribution is 4.92. The van der Waals surface area contributed by atoms with E-state index in [0.29, 0.717) is 0 Å². The molecule has 1 saturated heterocycles. The Kier molecular flexibility index (Phi) is 3.64. The van der Waals surface area contributed by atoms with Crippen molar-refractivity contribution < 1.29 is 4.74 Å². The van der Waals surface area contributed by atoms with E-state index in [2.05, 4.69) is 26.0 Å². The van der Waals surface area contributed by atoms with Gasteiger partial charge < -0.3 is 4.74 Å². The minimum absolute atomic E-state index is 0.767. The van der Waals surface area contributed by atoms with E-state index >= 15 is 0 Å². The minimum Gasteiger partial charge on any atom is -0.381 e.